The third-order valence-electron chi connectivity index (χ3n) is 1.43. The molecule has 0 N–H and O–H groups in total. The number of fused-ring (bicyclic) bond motifs is 1. The first kappa shape index (κ1) is 9.45. The molecule has 0 amide bonds. The minimum Gasteiger partial charge on any atom is -0.184 e. The van der Waals surface area contributed by atoms with Crippen molar-refractivity contribution in [3.63, 3.8) is 0 Å². The number of nitrogens with zero attached hydrogens (tertiary/aromatic N) is 3. The Morgan fingerprint density at radius 2 is 2.29 bits per heavy atom. The van der Waals surface area contributed by atoms with E-state index >= 15 is 0 Å². The molecule has 6 nitrogen and oxygen atoms in total. The number of hydrogen-bond acceptors (Lipinski definition) is 5. The van der Waals surface area contributed by atoms with Crippen molar-refractivity contribution in [2.24, 2.45) is 0 Å². The molecule has 0 atom stereocenters. The van der Waals surface area contributed by atoms with Gasteiger partial charge in [-0.1, -0.05) is 23.2 Å². The Bertz CT molecular complexity index is 473. The molecule has 14 heavy (non-hydrogen) atoms. The van der Waals surface area contributed by atoms with Crippen LogP contribution in [0.5, 0.6) is 0 Å². The molecule has 0 saturated heterocycles. The van der Waals surface area contributed by atoms with Crippen LogP contribution in [0.15, 0.2) is 10.7 Å². The number of pyridine rings is 1. The molecule has 0 aliphatic carbocycles. The normalized spacial score (nSPS) is 10.8. The molecule has 2 heterocycles. The van der Waals surface area contributed by atoms with Crippen molar-refractivity contribution in [3.05, 3.63) is 16.2 Å². The zero-order valence-electron chi connectivity index (χ0n) is 6.90. The van der Waals surface area contributed by atoms with E-state index < -0.39 is 0 Å². The van der Waals surface area contributed by atoms with Gasteiger partial charge in [-0.25, -0.2) is 0 Å². The highest BCUT2D eigenvalue weighted by Gasteiger charge is 2.21. The molecule has 2 rings (SSSR count). The molecule has 0 aliphatic heterocycles. The van der Waals surface area contributed by atoms with Gasteiger partial charge in [0.2, 0.25) is 0 Å². The first-order valence-corrected chi connectivity index (χ1v) is 4.23. The molecule has 2 aromatic heterocycles. The lowest BCUT2D eigenvalue weighted by Gasteiger charge is -1.90. The average molecular weight is 237 g/mol. The molecule has 8 heteroatoms. The van der Waals surface area contributed by atoms with Crippen molar-refractivity contribution in [2.45, 2.75) is 0 Å². The fraction of sp³-hybridized carbons (Fsp3) is 0.167. The lowest BCUT2D eigenvalue weighted by Crippen LogP contribution is -2.40. The largest absolute Gasteiger partial charge is 0.372 e. The highest BCUT2D eigenvalue weighted by molar-refractivity contribution is 6.41. The van der Waals surface area contributed by atoms with Crippen LogP contribution in [0, 0.1) is 0 Å². The maximum Gasteiger partial charge on any atom is 0.372 e. The van der Waals surface area contributed by atoms with E-state index in [4.69, 9.17) is 27.8 Å². The van der Waals surface area contributed by atoms with Gasteiger partial charge in [0, 0.05) is 6.07 Å². The molecule has 0 bridgehead atoms. The minimum absolute atomic E-state index is 0.150. The molecule has 0 saturated carbocycles. The summed E-state index contributed by atoms with van der Waals surface area (Å²) in [6, 6.07) is 1.50. The van der Waals surface area contributed by atoms with Crippen LogP contribution in [0.3, 0.4) is 0 Å². The fourth-order valence-electron chi connectivity index (χ4n) is 0.891. The van der Waals surface area contributed by atoms with Crippen LogP contribution in [-0.4, -0.2) is 17.3 Å². The second-order valence-electron chi connectivity index (χ2n) is 2.27. The lowest BCUT2D eigenvalue weighted by molar-refractivity contribution is -1.06. The second kappa shape index (κ2) is 3.56. The van der Waals surface area contributed by atoms with Crippen molar-refractivity contribution < 1.29 is 19.4 Å². The second-order valence-corrected chi connectivity index (χ2v) is 3.04. The summed E-state index contributed by atoms with van der Waals surface area (Å²) in [6.45, 7) is 0. The van der Waals surface area contributed by atoms with E-state index in [1.165, 1.54) is 13.2 Å². The summed E-state index contributed by atoms with van der Waals surface area (Å²) in [5.41, 5.74) is 0.692. The summed E-state index contributed by atoms with van der Waals surface area (Å²) in [5.74, 6) is 0. The van der Waals surface area contributed by atoms with E-state index in [1.54, 1.807) is 0 Å². The molecule has 74 valence electrons. The third-order valence-corrected chi connectivity index (χ3v) is 2.11. The summed E-state index contributed by atoms with van der Waals surface area (Å²) in [6.07, 6.45) is 0. The Labute approximate surface area is 87.8 Å². The summed E-state index contributed by atoms with van der Waals surface area (Å²) in [5, 5.41) is 3.99. The summed E-state index contributed by atoms with van der Waals surface area (Å²) in [4.78, 5) is 13.8. The van der Waals surface area contributed by atoms with Crippen molar-refractivity contribution in [1.82, 2.24) is 10.1 Å². The Kier molecular flexibility index (Phi) is 2.40. The van der Waals surface area contributed by atoms with Crippen LogP contribution in [0.1, 0.15) is 0 Å². The van der Waals surface area contributed by atoms with Gasteiger partial charge in [-0.15, -0.1) is 9.88 Å². The Hall–Kier alpha value is -1.11. The lowest BCUT2D eigenvalue weighted by atomic mass is 10.4. The van der Waals surface area contributed by atoms with Gasteiger partial charge in [0.25, 0.3) is 5.52 Å². The number of aromatic nitrogens is 3. The van der Waals surface area contributed by atoms with E-state index in [0.29, 0.717) is 5.52 Å². The number of hydrogen-bond donors (Lipinski definition) is 0. The maximum absolute atomic E-state index is 5.74. The zero-order valence-corrected chi connectivity index (χ0v) is 8.41. The first-order chi connectivity index (χ1) is 6.72. The molecule has 0 unspecified atom stereocenters. The Morgan fingerprint density at radius 1 is 1.50 bits per heavy atom. The standard InChI is InChI=1S/C6H4Cl2N3O3/c1-12-14-11-4-2-3(7)5(8)9-6(4)10-13-11/h2H,1H3/q+1. The summed E-state index contributed by atoms with van der Waals surface area (Å²) < 4.78 is 4.71. The molecule has 0 fully saturated rings. The van der Waals surface area contributed by atoms with Gasteiger partial charge in [0.05, 0.1) is 12.1 Å². The number of rotatable bonds is 2. The SMILES string of the molecule is COO[n+]1onc2nc(Cl)c(Cl)cc21. The molecule has 0 aliphatic rings. The van der Waals surface area contributed by atoms with E-state index in [0.717, 1.165) is 4.90 Å². The van der Waals surface area contributed by atoms with Gasteiger partial charge in [-0.3, -0.25) is 0 Å². The summed E-state index contributed by atoms with van der Waals surface area (Å²) >= 11 is 11.4. The van der Waals surface area contributed by atoms with Crippen molar-refractivity contribution >= 4 is 34.4 Å². The van der Waals surface area contributed by atoms with E-state index in [1.807, 2.05) is 0 Å². The first-order valence-electron chi connectivity index (χ1n) is 3.47. The quantitative estimate of drug-likeness (QED) is 0.439. The monoisotopic (exact) mass is 236 g/mol. The van der Waals surface area contributed by atoms with Crippen LogP contribution >= 0.6 is 23.2 Å². The molecule has 0 radical (unpaired) electrons. The molecule has 0 spiro atoms. The highest BCUT2D eigenvalue weighted by Crippen LogP contribution is 2.21. The van der Waals surface area contributed by atoms with Gasteiger partial charge in [-0.05, 0) is 4.63 Å². The van der Waals surface area contributed by atoms with E-state index in [-0.39, 0.29) is 15.8 Å². The van der Waals surface area contributed by atoms with Gasteiger partial charge in [0.15, 0.2) is 15.2 Å². The van der Waals surface area contributed by atoms with Crippen molar-refractivity contribution in [1.29, 1.82) is 0 Å². The van der Waals surface area contributed by atoms with Crippen LogP contribution in [-0.2, 0) is 4.89 Å². The summed E-state index contributed by atoms with van der Waals surface area (Å²) in [7, 11) is 1.33. The Balaban J connectivity index is 2.61. The topological polar surface area (TPSA) is 61.3 Å². The predicted octanol–water partition coefficient (Wildman–Crippen LogP) is 0.807. The van der Waals surface area contributed by atoms with E-state index in [9.17, 15) is 0 Å². The van der Waals surface area contributed by atoms with Crippen LogP contribution < -0.4 is 9.89 Å². The predicted molar refractivity (Wildman–Crippen MR) is 45.6 cm³/mol. The highest BCUT2D eigenvalue weighted by atomic mass is 35.5. The molecule has 0 aromatic carbocycles. The van der Waals surface area contributed by atoms with Crippen LogP contribution in [0.25, 0.3) is 11.2 Å². The van der Waals surface area contributed by atoms with Gasteiger partial charge < -0.3 is 0 Å². The van der Waals surface area contributed by atoms with Crippen LogP contribution in [0.4, 0.5) is 0 Å². The molecular weight excluding hydrogens is 233 g/mol. The smallest absolute Gasteiger partial charge is 0.184 e. The molecular formula is C6H4Cl2N3O3+. The molecule has 2 aromatic rings. The fourth-order valence-corrected chi connectivity index (χ4v) is 1.17. The third kappa shape index (κ3) is 1.47. The van der Waals surface area contributed by atoms with E-state index in [2.05, 4.69) is 20.0 Å². The van der Waals surface area contributed by atoms with Gasteiger partial charge in [-0.2, -0.15) is 4.98 Å². The number of halogens is 2. The van der Waals surface area contributed by atoms with Crippen molar-refractivity contribution in [3.8, 4) is 0 Å². The average Bonchev–Trinajstić information content (AvgIpc) is 2.51. The maximum atomic E-state index is 5.74. The Morgan fingerprint density at radius 3 is 3.00 bits per heavy atom. The van der Waals surface area contributed by atoms with Crippen molar-refractivity contribution in [2.75, 3.05) is 7.11 Å². The van der Waals surface area contributed by atoms with Gasteiger partial charge >= 0.3 is 5.65 Å². The zero-order chi connectivity index (χ0) is 10.1. The van der Waals surface area contributed by atoms with Crippen LogP contribution in [0.2, 0.25) is 10.2 Å². The van der Waals surface area contributed by atoms with Gasteiger partial charge in [0.1, 0.15) is 0 Å². The minimum atomic E-state index is 0.150.